The van der Waals surface area contributed by atoms with Crippen LogP contribution in [0.5, 0.6) is 5.75 Å². The number of hydrogen-bond acceptors (Lipinski definition) is 5. The van der Waals surface area contributed by atoms with Crippen molar-refractivity contribution in [3.8, 4) is 5.75 Å². The first-order valence-electron chi connectivity index (χ1n) is 7.87. The fraction of sp³-hybridized carbons (Fsp3) is 0.333. The Kier molecular flexibility index (Phi) is 4.41. The van der Waals surface area contributed by atoms with Gasteiger partial charge in [0.2, 0.25) is 0 Å². The fourth-order valence-electron chi connectivity index (χ4n) is 2.87. The van der Waals surface area contributed by atoms with Crippen LogP contribution in [0.3, 0.4) is 0 Å². The maximum atomic E-state index is 9.49. The van der Waals surface area contributed by atoms with E-state index in [9.17, 15) is 5.11 Å². The summed E-state index contributed by atoms with van der Waals surface area (Å²) in [6, 6.07) is 14.3. The highest BCUT2D eigenvalue weighted by atomic mass is 16.3. The molecule has 1 aliphatic heterocycles. The van der Waals surface area contributed by atoms with Gasteiger partial charge in [0.1, 0.15) is 5.75 Å². The second-order valence-electron chi connectivity index (χ2n) is 6.26. The van der Waals surface area contributed by atoms with Gasteiger partial charge in [0.25, 0.3) is 0 Å². The van der Waals surface area contributed by atoms with Crippen molar-refractivity contribution in [2.75, 3.05) is 24.3 Å². The molecule has 1 aliphatic rings. The summed E-state index contributed by atoms with van der Waals surface area (Å²) in [5.74, 6) is 0.296. The van der Waals surface area contributed by atoms with Gasteiger partial charge in [0, 0.05) is 37.9 Å². The van der Waals surface area contributed by atoms with Crippen molar-refractivity contribution in [2.45, 2.75) is 25.6 Å². The molecule has 0 saturated carbocycles. The highest BCUT2D eigenvalue weighted by Crippen LogP contribution is 2.26. The summed E-state index contributed by atoms with van der Waals surface area (Å²) in [5, 5.41) is 13.0. The minimum absolute atomic E-state index is 0.150. The summed E-state index contributed by atoms with van der Waals surface area (Å²) in [6.07, 6.45) is 1.10. The molecular weight excluding hydrogens is 288 g/mol. The van der Waals surface area contributed by atoms with Gasteiger partial charge in [0.15, 0.2) is 0 Å². The zero-order valence-electron chi connectivity index (χ0n) is 13.8. The third kappa shape index (κ3) is 3.57. The molecule has 2 atom stereocenters. The third-order valence-corrected chi connectivity index (χ3v) is 4.25. The lowest BCUT2D eigenvalue weighted by atomic mass is 10.0. The van der Waals surface area contributed by atoms with Crippen molar-refractivity contribution < 1.29 is 5.11 Å². The van der Waals surface area contributed by atoms with Crippen LogP contribution in [-0.2, 0) is 0 Å². The van der Waals surface area contributed by atoms with Crippen molar-refractivity contribution in [1.29, 1.82) is 0 Å². The Morgan fingerprint density at radius 2 is 1.83 bits per heavy atom. The number of nitrogens with one attached hydrogen (secondary N) is 3. The second kappa shape index (κ2) is 6.48. The highest BCUT2D eigenvalue weighted by molar-refractivity contribution is 5.54. The number of anilines is 2. The van der Waals surface area contributed by atoms with Crippen LogP contribution in [0, 0.1) is 6.92 Å². The number of hydrazine groups is 1. The molecule has 1 saturated heterocycles. The first-order valence-corrected chi connectivity index (χ1v) is 7.87. The molecule has 0 aromatic heterocycles. The molecule has 0 bridgehead atoms. The number of hydrogen-bond donors (Lipinski definition) is 4. The molecule has 1 heterocycles. The number of aromatic hydroxyl groups is 1. The van der Waals surface area contributed by atoms with E-state index in [1.165, 1.54) is 11.3 Å². The molecule has 2 unspecified atom stereocenters. The molecule has 2 aromatic carbocycles. The predicted octanol–water partition coefficient (Wildman–Crippen LogP) is 2.74. The molecule has 5 heteroatoms. The van der Waals surface area contributed by atoms with E-state index in [1.54, 1.807) is 12.1 Å². The van der Waals surface area contributed by atoms with Gasteiger partial charge < -0.3 is 15.3 Å². The smallest absolute Gasteiger partial charge is 0.115 e. The van der Waals surface area contributed by atoms with E-state index >= 15 is 0 Å². The zero-order valence-corrected chi connectivity index (χ0v) is 13.8. The van der Waals surface area contributed by atoms with Crippen molar-refractivity contribution in [3.63, 3.8) is 0 Å². The van der Waals surface area contributed by atoms with Gasteiger partial charge in [-0.1, -0.05) is 12.1 Å². The average molecular weight is 312 g/mol. The van der Waals surface area contributed by atoms with Crippen LogP contribution in [0.25, 0.3) is 0 Å². The number of phenolic OH excluding ortho intramolecular Hbond substituents is 1. The highest BCUT2D eigenvalue weighted by Gasteiger charge is 2.25. The van der Waals surface area contributed by atoms with Gasteiger partial charge >= 0.3 is 0 Å². The van der Waals surface area contributed by atoms with Crippen molar-refractivity contribution in [3.05, 3.63) is 53.6 Å². The largest absolute Gasteiger partial charge is 0.508 e. The zero-order chi connectivity index (χ0) is 16.4. The lowest BCUT2D eigenvalue weighted by molar-refractivity contribution is 0.475. The molecule has 4 N–H and O–H groups in total. The lowest BCUT2D eigenvalue weighted by Crippen LogP contribution is -2.36. The van der Waals surface area contributed by atoms with Gasteiger partial charge in [-0.2, -0.15) is 0 Å². The van der Waals surface area contributed by atoms with E-state index in [0.717, 1.165) is 17.7 Å². The van der Waals surface area contributed by atoms with E-state index in [1.807, 2.05) is 27.1 Å². The van der Waals surface area contributed by atoms with E-state index in [2.05, 4.69) is 45.3 Å². The molecule has 23 heavy (non-hydrogen) atoms. The second-order valence-corrected chi connectivity index (χ2v) is 6.26. The van der Waals surface area contributed by atoms with Crippen molar-refractivity contribution in [1.82, 2.24) is 10.9 Å². The quantitative estimate of drug-likeness (QED) is 0.654. The summed E-state index contributed by atoms with van der Waals surface area (Å²) in [7, 11) is 4.09. The first-order chi connectivity index (χ1) is 11.0. The molecule has 0 spiro atoms. The number of benzene rings is 2. The van der Waals surface area contributed by atoms with Crippen LogP contribution in [0.2, 0.25) is 0 Å². The maximum absolute atomic E-state index is 9.49. The summed E-state index contributed by atoms with van der Waals surface area (Å²) >= 11 is 0. The van der Waals surface area contributed by atoms with Crippen LogP contribution in [-0.4, -0.2) is 25.4 Å². The van der Waals surface area contributed by atoms with E-state index in [4.69, 9.17) is 0 Å². The van der Waals surface area contributed by atoms with Crippen LogP contribution in [0.4, 0.5) is 11.4 Å². The standard InChI is InChI=1S/C18H24N4O/c1-12-10-15(23)8-9-16(12)19-18-11-17(20-21-18)13-4-6-14(7-5-13)22(2)3/h4-10,17-21,23H,11H2,1-3H3. The molecule has 0 radical (unpaired) electrons. The van der Waals surface area contributed by atoms with Crippen molar-refractivity contribution in [2.24, 2.45) is 0 Å². The van der Waals surface area contributed by atoms with Gasteiger partial charge in [-0.15, -0.1) is 0 Å². The minimum atomic E-state index is 0.150. The molecule has 0 aliphatic carbocycles. The molecule has 122 valence electrons. The number of rotatable bonds is 4. The average Bonchev–Trinajstić information content (AvgIpc) is 2.99. The normalized spacial score (nSPS) is 20.5. The molecular formula is C18H24N4O. The number of phenols is 1. The Bertz CT molecular complexity index is 669. The van der Waals surface area contributed by atoms with Crippen LogP contribution < -0.4 is 21.1 Å². The summed E-state index contributed by atoms with van der Waals surface area (Å²) in [4.78, 5) is 2.10. The Morgan fingerprint density at radius 3 is 2.48 bits per heavy atom. The predicted molar refractivity (Wildman–Crippen MR) is 94.7 cm³/mol. The third-order valence-electron chi connectivity index (χ3n) is 4.25. The van der Waals surface area contributed by atoms with Crippen LogP contribution in [0.15, 0.2) is 42.5 Å². The van der Waals surface area contributed by atoms with Gasteiger partial charge in [-0.3, -0.25) is 0 Å². The SMILES string of the molecule is Cc1cc(O)ccc1NC1CC(c2ccc(N(C)C)cc2)NN1. The van der Waals surface area contributed by atoms with Gasteiger partial charge in [-0.25, -0.2) is 10.9 Å². The van der Waals surface area contributed by atoms with Gasteiger partial charge in [-0.05, 0) is 48.4 Å². The fourth-order valence-corrected chi connectivity index (χ4v) is 2.87. The summed E-state index contributed by atoms with van der Waals surface area (Å²) in [5.41, 5.74) is 11.2. The summed E-state index contributed by atoms with van der Waals surface area (Å²) in [6.45, 7) is 1.99. The Labute approximate surface area is 137 Å². The monoisotopic (exact) mass is 312 g/mol. The Morgan fingerprint density at radius 1 is 1.09 bits per heavy atom. The van der Waals surface area contributed by atoms with Crippen LogP contribution in [0.1, 0.15) is 23.6 Å². The first kappa shape index (κ1) is 15.6. The molecule has 1 fully saturated rings. The molecule has 2 aromatic rings. The van der Waals surface area contributed by atoms with E-state index in [0.29, 0.717) is 5.75 Å². The Hall–Kier alpha value is -2.24. The Balaban J connectivity index is 1.64. The van der Waals surface area contributed by atoms with Gasteiger partial charge in [0.05, 0.1) is 6.17 Å². The van der Waals surface area contributed by atoms with Crippen LogP contribution >= 0.6 is 0 Å². The van der Waals surface area contributed by atoms with E-state index in [-0.39, 0.29) is 12.2 Å². The summed E-state index contributed by atoms with van der Waals surface area (Å²) < 4.78 is 0. The molecule has 3 rings (SSSR count). The number of nitrogens with zero attached hydrogens (tertiary/aromatic N) is 1. The minimum Gasteiger partial charge on any atom is -0.508 e. The number of aryl methyl sites for hydroxylation is 1. The van der Waals surface area contributed by atoms with Crippen molar-refractivity contribution >= 4 is 11.4 Å². The molecule has 0 amide bonds. The molecule has 5 nitrogen and oxygen atoms in total. The topological polar surface area (TPSA) is 59.6 Å². The lowest BCUT2D eigenvalue weighted by Gasteiger charge is -2.16. The van der Waals surface area contributed by atoms with E-state index < -0.39 is 0 Å². The maximum Gasteiger partial charge on any atom is 0.115 e.